The Kier molecular flexibility index (Phi) is 4.80. The summed E-state index contributed by atoms with van der Waals surface area (Å²) in [6, 6.07) is 17.4. The zero-order valence-corrected chi connectivity index (χ0v) is 18.4. The topological polar surface area (TPSA) is 94.5 Å². The SMILES string of the molecule is Cn1c(=O)n(Cc2ccc(-c3nnc(C(F)F)o3)cn2)c2ccc(-c3cccc4[nH]ccc34)cc21. The summed E-state index contributed by atoms with van der Waals surface area (Å²) in [5.41, 5.74) is 5.62. The largest absolute Gasteiger partial charge is 0.415 e. The minimum Gasteiger partial charge on any atom is -0.415 e. The average molecular weight is 472 g/mol. The van der Waals surface area contributed by atoms with E-state index in [4.69, 9.17) is 4.42 Å². The van der Waals surface area contributed by atoms with Gasteiger partial charge in [-0.05, 0) is 47.5 Å². The van der Waals surface area contributed by atoms with E-state index < -0.39 is 12.3 Å². The minimum absolute atomic E-state index is 0.0355. The van der Waals surface area contributed by atoms with Gasteiger partial charge in [0.1, 0.15) is 0 Å². The van der Waals surface area contributed by atoms with Gasteiger partial charge in [-0.2, -0.15) is 8.78 Å². The Bertz CT molecular complexity index is 1740. The number of hydrogen-bond donors (Lipinski definition) is 1. The molecule has 4 aromatic heterocycles. The smallest absolute Gasteiger partial charge is 0.329 e. The van der Waals surface area contributed by atoms with E-state index in [9.17, 15) is 13.6 Å². The fraction of sp³-hybridized carbons (Fsp3) is 0.120. The van der Waals surface area contributed by atoms with Crippen LogP contribution in [-0.2, 0) is 13.6 Å². The lowest BCUT2D eigenvalue weighted by atomic mass is 10.0. The number of halogens is 2. The number of pyridine rings is 1. The van der Waals surface area contributed by atoms with Crippen molar-refractivity contribution in [3.63, 3.8) is 0 Å². The molecule has 6 rings (SSSR count). The first-order valence-electron chi connectivity index (χ1n) is 10.8. The Hall–Kier alpha value is -4.60. The van der Waals surface area contributed by atoms with Gasteiger partial charge in [-0.1, -0.05) is 18.2 Å². The molecule has 0 aliphatic rings. The summed E-state index contributed by atoms with van der Waals surface area (Å²) in [7, 11) is 1.74. The van der Waals surface area contributed by atoms with Gasteiger partial charge in [0.15, 0.2) is 0 Å². The van der Waals surface area contributed by atoms with E-state index in [1.54, 1.807) is 28.3 Å². The Labute approximate surface area is 196 Å². The van der Waals surface area contributed by atoms with E-state index in [-0.39, 0.29) is 18.1 Å². The maximum atomic E-state index is 13.1. The maximum Gasteiger partial charge on any atom is 0.329 e. The predicted molar refractivity (Wildman–Crippen MR) is 126 cm³/mol. The van der Waals surface area contributed by atoms with Gasteiger partial charge in [0.05, 0.1) is 28.8 Å². The van der Waals surface area contributed by atoms with Crippen LogP contribution in [0.25, 0.3) is 44.5 Å². The van der Waals surface area contributed by atoms with E-state index in [0.717, 1.165) is 33.1 Å². The van der Waals surface area contributed by atoms with Crippen LogP contribution in [0.4, 0.5) is 8.78 Å². The van der Waals surface area contributed by atoms with Gasteiger partial charge in [-0.3, -0.25) is 14.1 Å². The van der Waals surface area contributed by atoms with Crippen molar-refractivity contribution >= 4 is 21.9 Å². The molecule has 0 radical (unpaired) electrons. The van der Waals surface area contributed by atoms with Crippen LogP contribution in [0.1, 0.15) is 18.0 Å². The molecule has 0 aliphatic carbocycles. The van der Waals surface area contributed by atoms with Crippen molar-refractivity contribution in [2.75, 3.05) is 0 Å². The van der Waals surface area contributed by atoms with Gasteiger partial charge in [-0.25, -0.2) is 4.79 Å². The lowest BCUT2D eigenvalue weighted by molar-refractivity contribution is 0.116. The van der Waals surface area contributed by atoms with Gasteiger partial charge in [0.2, 0.25) is 5.89 Å². The summed E-state index contributed by atoms with van der Waals surface area (Å²) in [6.45, 7) is 0.245. The number of nitrogens with one attached hydrogen (secondary N) is 1. The van der Waals surface area contributed by atoms with Crippen molar-refractivity contribution in [2.24, 2.45) is 7.05 Å². The maximum absolute atomic E-state index is 13.1. The lowest BCUT2D eigenvalue weighted by Crippen LogP contribution is -2.23. The third kappa shape index (κ3) is 3.50. The van der Waals surface area contributed by atoms with Crippen molar-refractivity contribution < 1.29 is 13.2 Å². The van der Waals surface area contributed by atoms with E-state index >= 15 is 0 Å². The molecule has 0 aliphatic heterocycles. The highest BCUT2D eigenvalue weighted by Crippen LogP contribution is 2.30. The Balaban J connectivity index is 1.34. The fourth-order valence-corrected chi connectivity index (χ4v) is 4.31. The highest BCUT2D eigenvalue weighted by molar-refractivity contribution is 5.97. The highest BCUT2D eigenvalue weighted by Gasteiger charge is 2.18. The van der Waals surface area contributed by atoms with Gasteiger partial charge in [0, 0.05) is 30.3 Å². The number of rotatable bonds is 5. The standard InChI is InChI=1S/C25H18F2N6O2/c1-32-21-11-14(17-3-2-4-19-18(17)9-10-28-19)6-8-20(21)33(25(32)34)13-16-7-5-15(12-29-16)23-30-31-24(35-23)22(26)27/h2-12,22,28H,13H2,1H3. The second-order valence-corrected chi connectivity index (χ2v) is 8.16. The third-order valence-corrected chi connectivity index (χ3v) is 6.07. The minimum atomic E-state index is -2.84. The monoisotopic (exact) mass is 472 g/mol. The number of H-pyrrole nitrogens is 1. The number of alkyl halides is 2. The molecule has 0 fully saturated rings. The molecule has 0 amide bonds. The molecule has 0 unspecified atom stereocenters. The van der Waals surface area contributed by atoms with E-state index in [2.05, 4.69) is 26.2 Å². The van der Waals surface area contributed by atoms with Crippen LogP contribution in [-0.4, -0.2) is 29.3 Å². The Morgan fingerprint density at radius 1 is 1.03 bits per heavy atom. The molecule has 2 aromatic carbocycles. The number of fused-ring (bicyclic) bond motifs is 2. The van der Waals surface area contributed by atoms with Crippen LogP contribution < -0.4 is 5.69 Å². The normalized spacial score (nSPS) is 11.8. The quantitative estimate of drug-likeness (QED) is 0.384. The molecule has 35 heavy (non-hydrogen) atoms. The van der Waals surface area contributed by atoms with Crippen LogP contribution in [0.2, 0.25) is 0 Å². The highest BCUT2D eigenvalue weighted by atomic mass is 19.3. The van der Waals surface area contributed by atoms with E-state index in [1.165, 1.54) is 6.20 Å². The number of imidazole rings is 1. The molecular weight excluding hydrogens is 454 g/mol. The Morgan fingerprint density at radius 2 is 1.89 bits per heavy atom. The van der Waals surface area contributed by atoms with Gasteiger partial charge in [0.25, 0.3) is 5.89 Å². The molecule has 0 saturated carbocycles. The average Bonchev–Trinajstić information content (AvgIpc) is 3.60. The second kappa shape index (κ2) is 8.01. The van der Waals surface area contributed by atoms with Crippen molar-refractivity contribution in [1.29, 1.82) is 0 Å². The molecule has 0 bridgehead atoms. The summed E-state index contributed by atoms with van der Waals surface area (Å²) in [5, 5.41) is 8.07. The number of hydrogen-bond acceptors (Lipinski definition) is 5. The van der Waals surface area contributed by atoms with Crippen molar-refractivity contribution in [3.8, 4) is 22.6 Å². The number of aromatic nitrogens is 6. The van der Waals surface area contributed by atoms with Gasteiger partial charge in [-0.15, -0.1) is 10.2 Å². The third-order valence-electron chi connectivity index (χ3n) is 6.07. The summed E-state index contributed by atoms with van der Waals surface area (Å²) in [6.07, 6.45) is 0.537. The number of nitrogens with zero attached hydrogens (tertiary/aromatic N) is 5. The molecule has 6 aromatic rings. The van der Waals surface area contributed by atoms with E-state index in [1.807, 2.05) is 42.6 Å². The first-order valence-corrected chi connectivity index (χ1v) is 10.8. The first-order chi connectivity index (χ1) is 17.0. The molecule has 10 heteroatoms. The zero-order valence-electron chi connectivity index (χ0n) is 18.4. The van der Waals surface area contributed by atoms with Crippen LogP contribution in [0.5, 0.6) is 0 Å². The summed E-state index contributed by atoms with van der Waals surface area (Å²) >= 11 is 0. The first kappa shape index (κ1) is 21.0. The summed E-state index contributed by atoms with van der Waals surface area (Å²) in [4.78, 5) is 20.6. The predicted octanol–water partition coefficient (Wildman–Crippen LogP) is 4.92. The molecule has 8 nitrogen and oxygen atoms in total. The fourth-order valence-electron chi connectivity index (χ4n) is 4.31. The van der Waals surface area contributed by atoms with Crippen molar-refractivity contribution in [2.45, 2.75) is 13.0 Å². The van der Waals surface area contributed by atoms with Crippen molar-refractivity contribution in [3.05, 3.63) is 89.1 Å². The van der Waals surface area contributed by atoms with Gasteiger partial charge >= 0.3 is 12.1 Å². The molecular formula is C25H18F2N6O2. The van der Waals surface area contributed by atoms with Crippen LogP contribution in [0, 0.1) is 0 Å². The number of aromatic amines is 1. The molecule has 0 atom stereocenters. The molecule has 174 valence electrons. The van der Waals surface area contributed by atoms with Crippen LogP contribution in [0.3, 0.4) is 0 Å². The second-order valence-electron chi connectivity index (χ2n) is 8.16. The molecule has 1 N–H and O–H groups in total. The van der Waals surface area contributed by atoms with Crippen LogP contribution in [0.15, 0.2) is 76.2 Å². The number of aryl methyl sites for hydroxylation is 1. The van der Waals surface area contributed by atoms with Gasteiger partial charge < -0.3 is 9.40 Å². The zero-order chi connectivity index (χ0) is 24.1. The molecule has 0 saturated heterocycles. The van der Waals surface area contributed by atoms with Crippen molar-refractivity contribution in [1.82, 2.24) is 29.3 Å². The van der Waals surface area contributed by atoms with Crippen LogP contribution >= 0.6 is 0 Å². The molecule has 0 spiro atoms. The number of benzene rings is 2. The lowest BCUT2D eigenvalue weighted by Gasteiger charge is -2.06. The summed E-state index contributed by atoms with van der Waals surface area (Å²) < 4.78 is 33.6. The summed E-state index contributed by atoms with van der Waals surface area (Å²) in [5.74, 6) is -0.773. The Morgan fingerprint density at radius 3 is 2.66 bits per heavy atom. The van der Waals surface area contributed by atoms with E-state index in [0.29, 0.717) is 11.3 Å². The molecule has 4 heterocycles.